The summed E-state index contributed by atoms with van der Waals surface area (Å²) < 4.78 is 38.6. The van der Waals surface area contributed by atoms with Gasteiger partial charge >= 0.3 is 17.6 Å². The molecule has 0 aromatic heterocycles. The van der Waals surface area contributed by atoms with Crippen LogP contribution in [0.5, 0.6) is 0 Å². The first-order valence-electron chi connectivity index (χ1n) is 22.4. The highest BCUT2D eigenvalue weighted by Gasteiger charge is 2.41. The predicted molar refractivity (Wildman–Crippen MR) is 220 cm³/mol. The monoisotopic (exact) mass is 747 g/mol. The zero-order chi connectivity index (χ0) is 36.7. The Morgan fingerprint density at radius 3 is 0.540 bits per heavy atom. The number of hydrogen-bond donors (Lipinski definition) is 0. The lowest BCUT2D eigenvalue weighted by Crippen LogP contribution is -2.46. The van der Waals surface area contributed by atoms with E-state index in [1.54, 1.807) is 0 Å². The van der Waals surface area contributed by atoms with Crippen LogP contribution in [-0.4, -0.2) is 57.3 Å². The van der Waals surface area contributed by atoms with Gasteiger partial charge in [0.25, 0.3) is 0 Å². The molecule has 0 radical (unpaired) electrons. The van der Waals surface area contributed by atoms with Crippen LogP contribution in [0, 0.1) is 0 Å². The van der Waals surface area contributed by atoms with E-state index >= 15 is 0 Å². The summed E-state index contributed by atoms with van der Waals surface area (Å²) in [5.74, 6) is 0. The maximum Gasteiger partial charge on any atom is 0.500 e. The van der Waals surface area contributed by atoms with Gasteiger partial charge in [0.2, 0.25) is 0 Å². The molecule has 0 heterocycles. The molecule has 0 aromatic carbocycles. The van der Waals surface area contributed by atoms with Crippen LogP contribution in [0.4, 0.5) is 0 Å². The average Bonchev–Trinajstić information content (AvgIpc) is 3.11. The molecular formula is C42H90O6Si2. The van der Waals surface area contributed by atoms with E-state index < -0.39 is 17.6 Å². The molecule has 8 heteroatoms. The van der Waals surface area contributed by atoms with Crippen LogP contribution in [-0.2, 0) is 26.6 Å². The molecule has 0 aliphatic carbocycles. The van der Waals surface area contributed by atoms with Crippen molar-refractivity contribution in [3.05, 3.63) is 0 Å². The topological polar surface area (TPSA) is 55.4 Å². The molecule has 0 aliphatic rings. The van der Waals surface area contributed by atoms with Crippen LogP contribution >= 0.6 is 0 Å². The van der Waals surface area contributed by atoms with Crippen molar-refractivity contribution in [2.24, 2.45) is 0 Å². The van der Waals surface area contributed by atoms with Gasteiger partial charge in [-0.15, -0.1) is 0 Å². The maximum atomic E-state index is 6.43. The second-order valence-electron chi connectivity index (χ2n) is 14.7. The summed E-state index contributed by atoms with van der Waals surface area (Å²) in [6.45, 7) is 18.0. The molecule has 0 aliphatic heterocycles. The Morgan fingerprint density at radius 2 is 0.380 bits per heavy atom. The third kappa shape index (κ3) is 30.6. The highest BCUT2D eigenvalue weighted by Crippen LogP contribution is 2.24. The minimum absolute atomic E-state index is 0.781. The molecule has 6 nitrogen and oxygen atoms in total. The van der Waals surface area contributed by atoms with Gasteiger partial charge in [0.15, 0.2) is 0 Å². The standard InChI is InChI=1S/C42H90O6Si2/c1-7-13-35-43-49(44-36-14-8-2,45-37-15-9-3)41-33-31-29-27-25-23-21-19-20-22-24-26-28-30-32-34-42-50(46-38-16-10-4,47-39-17-11-5)48-40-18-12-6/h7-42H2,1-6H3. The molecule has 0 fully saturated rings. The van der Waals surface area contributed by atoms with Crippen molar-refractivity contribution in [2.75, 3.05) is 39.6 Å². The summed E-state index contributed by atoms with van der Waals surface area (Å²) in [6.07, 6.45) is 34.9. The Morgan fingerprint density at radius 1 is 0.220 bits per heavy atom. The molecule has 0 atom stereocenters. The van der Waals surface area contributed by atoms with Crippen LogP contribution in [0.15, 0.2) is 0 Å². The van der Waals surface area contributed by atoms with Gasteiger partial charge in [-0.3, -0.25) is 0 Å². The minimum Gasteiger partial charge on any atom is -0.373 e. The number of rotatable bonds is 43. The van der Waals surface area contributed by atoms with Gasteiger partial charge in [-0.1, -0.05) is 170 Å². The lowest BCUT2D eigenvalue weighted by molar-refractivity contribution is 0.0550. The van der Waals surface area contributed by atoms with Crippen LogP contribution in [0.1, 0.15) is 221 Å². The molecule has 0 saturated carbocycles. The number of unbranched alkanes of at least 4 members (excludes halogenated alkanes) is 21. The van der Waals surface area contributed by atoms with E-state index in [9.17, 15) is 0 Å². The van der Waals surface area contributed by atoms with Crippen molar-refractivity contribution in [1.82, 2.24) is 0 Å². The smallest absolute Gasteiger partial charge is 0.373 e. The Kier molecular flexibility index (Phi) is 39.1. The van der Waals surface area contributed by atoms with Crippen molar-refractivity contribution in [2.45, 2.75) is 233 Å². The zero-order valence-electron chi connectivity index (χ0n) is 34.9. The SMILES string of the molecule is CCCCO[Si](CCCCCCCCCCCCCCCCCC[Si](OCCCC)(OCCCC)OCCCC)(OCCCC)OCCCC. The fourth-order valence-electron chi connectivity index (χ4n) is 6.07. The van der Waals surface area contributed by atoms with Gasteiger partial charge in [0, 0.05) is 51.7 Å². The van der Waals surface area contributed by atoms with Crippen molar-refractivity contribution < 1.29 is 26.6 Å². The van der Waals surface area contributed by atoms with Crippen molar-refractivity contribution >= 4 is 17.6 Å². The fourth-order valence-corrected chi connectivity index (χ4v) is 11.5. The molecule has 0 aromatic rings. The molecule has 0 spiro atoms. The van der Waals surface area contributed by atoms with Crippen LogP contribution in [0.3, 0.4) is 0 Å². The third-order valence-electron chi connectivity index (χ3n) is 9.64. The second-order valence-corrected chi connectivity index (χ2v) is 20.2. The van der Waals surface area contributed by atoms with Crippen LogP contribution in [0.25, 0.3) is 0 Å². The molecule has 0 amide bonds. The van der Waals surface area contributed by atoms with E-state index in [-0.39, 0.29) is 0 Å². The summed E-state index contributed by atoms with van der Waals surface area (Å²) in [5, 5.41) is 0. The Bertz CT molecular complexity index is 549. The lowest BCUT2D eigenvalue weighted by Gasteiger charge is -2.30. The van der Waals surface area contributed by atoms with Gasteiger partial charge in [-0.2, -0.15) is 0 Å². The second kappa shape index (κ2) is 38.9. The first-order valence-corrected chi connectivity index (χ1v) is 26.3. The normalized spacial score (nSPS) is 12.4. The Labute approximate surface area is 316 Å². The van der Waals surface area contributed by atoms with Gasteiger partial charge in [-0.25, -0.2) is 0 Å². The molecule has 0 N–H and O–H groups in total. The molecule has 0 unspecified atom stereocenters. The molecule has 302 valence electrons. The summed E-state index contributed by atoms with van der Waals surface area (Å²) in [6, 6.07) is 1.98. The van der Waals surface area contributed by atoms with Gasteiger partial charge in [-0.05, 0) is 51.4 Å². The van der Waals surface area contributed by atoms with Gasteiger partial charge in [0.05, 0.1) is 0 Å². The first kappa shape index (κ1) is 50.2. The maximum absolute atomic E-state index is 6.43. The van der Waals surface area contributed by atoms with E-state index in [1.165, 1.54) is 103 Å². The van der Waals surface area contributed by atoms with Crippen LogP contribution < -0.4 is 0 Å². The fraction of sp³-hybridized carbons (Fsp3) is 1.00. The molecule has 0 rings (SSSR count). The highest BCUT2D eigenvalue weighted by molar-refractivity contribution is 6.61. The first-order chi connectivity index (χ1) is 24.6. The highest BCUT2D eigenvalue weighted by atomic mass is 28.4. The van der Waals surface area contributed by atoms with E-state index in [2.05, 4.69) is 41.5 Å². The third-order valence-corrected chi connectivity index (χ3v) is 15.4. The summed E-state index contributed by atoms with van der Waals surface area (Å²) in [5.41, 5.74) is 0. The predicted octanol–water partition coefficient (Wildman–Crippen LogP) is 14.0. The van der Waals surface area contributed by atoms with E-state index in [4.69, 9.17) is 26.6 Å². The molecule has 50 heavy (non-hydrogen) atoms. The van der Waals surface area contributed by atoms with Crippen molar-refractivity contribution in [1.29, 1.82) is 0 Å². The summed E-state index contributed by atoms with van der Waals surface area (Å²) in [4.78, 5) is 0. The largest absolute Gasteiger partial charge is 0.500 e. The van der Waals surface area contributed by atoms with E-state index in [0.29, 0.717) is 0 Å². The van der Waals surface area contributed by atoms with Crippen LogP contribution in [0.2, 0.25) is 12.1 Å². The number of hydrogen-bond acceptors (Lipinski definition) is 6. The lowest BCUT2D eigenvalue weighted by atomic mass is 10.0. The molecule has 0 bridgehead atoms. The van der Waals surface area contributed by atoms with Crippen molar-refractivity contribution in [3.8, 4) is 0 Å². The molecule has 0 saturated heterocycles. The quantitative estimate of drug-likeness (QED) is 0.0457. The zero-order valence-corrected chi connectivity index (χ0v) is 36.9. The van der Waals surface area contributed by atoms with E-state index in [0.717, 1.165) is 129 Å². The summed E-state index contributed by atoms with van der Waals surface area (Å²) in [7, 11) is -5.10. The average molecular weight is 747 g/mol. The Hall–Kier alpha value is 0.194. The Balaban J connectivity index is 4.06. The van der Waals surface area contributed by atoms with Gasteiger partial charge in [0.1, 0.15) is 0 Å². The summed E-state index contributed by atoms with van der Waals surface area (Å²) >= 11 is 0. The van der Waals surface area contributed by atoms with Crippen molar-refractivity contribution in [3.63, 3.8) is 0 Å². The van der Waals surface area contributed by atoms with E-state index in [1.807, 2.05) is 0 Å². The van der Waals surface area contributed by atoms with Gasteiger partial charge < -0.3 is 26.6 Å². The molecular weight excluding hydrogens is 657 g/mol. The minimum atomic E-state index is -2.55.